The van der Waals surface area contributed by atoms with Crippen LogP contribution in [0.25, 0.3) is 11.5 Å². The van der Waals surface area contributed by atoms with Gasteiger partial charge in [0.2, 0.25) is 0 Å². The second-order valence-corrected chi connectivity index (χ2v) is 6.29. The summed E-state index contributed by atoms with van der Waals surface area (Å²) in [6.45, 7) is 2.77. The van der Waals surface area contributed by atoms with Crippen LogP contribution < -0.4 is 10.6 Å². The van der Waals surface area contributed by atoms with Crippen molar-refractivity contribution in [2.24, 2.45) is 0 Å². The van der Waals surface area contributed by atoms with E-state index in [9.17, 15) is 4.79 Å². The molecular formula is C20H20N8O. The fourth-order valence-corrected chi connectivity index (χ4v) is 2.77. The summed E-state index contributed by atoms with van der Waals surface area (Å²) < 4.78 is 1.91. The van der Waals surface area contributed by atoms with E-state index in [1.165, 1.54) is 11.0 Å². The van der Waals surface area contributed by atoms with E-state index in [4.69, 9.17) is 0 Å². The summed E-state index contributed by atoms with van der Waals surface area (Å²) in [6, 6.07) is 15.2. The van der Waals surface area contributed by atoms with Crippen molar-refractivity contribution in [3.63, 3.8) is 0 Å². The van der Waals surface area contributed by atoms with Crippen molar-refractivity contribution >= 4 is 11.7 Å². The predicted octanol–water partition coefficient (Wildman–Crippen LogP) is 2.00. The lowest BCUT2D eigenvalue weighted by atomic mass is 10.3. The van der Waals surface area contributed by atoms with E-state index < -0.39 is 0 Å². The van der Waals surface area contributed by atoms with Crippen molar-refractivity contribution in [3.05, 3.63) is 78.6 Å². The summed E-state index contributed by atoms with van der Waals surface area (Å²) in [4.78, 5) is 22.5. The standard InChI is InChI=1S/C20H20N8O/c1-15-24-18(13-19(25-15)27-11-5-6-12-27)21-9-10-22-20(29)17-14-23-28(26-17)16-7-3-2-4-8-16/h2-8,11-14H,9-10H2,1H3,(H,22,29)(H,21,24,25). The van der Waals surface area contributed by atoms with Crippen molar-refractivity contribution in [1.82, 2.24) is 34.8 Å². The Morgan fingerprint density at radius 3 is 2.62 bits per heavy atom. The molecule has 0 aliphatic carbocycles. The maximum Gasteiger partial charge on any atom is 0.273 e. The molecule has 3 heterocycles. The molecule has 3 aromatic heterocycles. The van der Waals surface area contributed by atoms with Crippen molar-refractivity contribution in [2.45, 2.75) is 6.92 Å². The Kier molecular flexibility index (Phi) is 5.28. The zero-order valence-electron chi connectivity index (χ0n) is 15.9. The molecule has 0 spiro atoms. The maximum atomic E-state index is 12.3. The molecule has 0 atom stereocenters. The van der Waals surface area contributed by atoms with Gasteiger partial charge in [0.25, 0.3) is 5.91 Å². The smallest absolute Gasteiger partial charge is 0.273 e. The zero-order valence-corrected chi connectivity index (χ0v) is 15.9. The molecule has 4 aromatic rings. The van der Waals surface area contributed by atoms with Gasteiger partial charge in [-0.3, -0.25) is 4.79 Å². The third-order valence-corrected chi connectivity index (χ3v) is 4.12. The van der Waals surface area contributed by atoms with E-state index in [0.29, 0.717) is 24.7 Å². The Balaban J connectivity index is 1.31. The average Bonchev–Trinajstić information content (AvgIpc) is 3.44. The van der Waals surface area contributed by atoms with Crippen LogP contribution >= 0.6 is 0 Å². The van der Waals surface area contributed by atoms with Crippen molar-refractivity contribution in [1.29, 1.82) is 0 Å². The van der Waals surface area contributed by atoms with Gasteiger partial charge in [0.1, 0.15) is 17.5 Å². The molecule has 0 unspecified atom stereocenters. The van der Waals surface area contributed by atoms with Gasteiger partial charge < -0.3 is 15.2 Å². The highest BCUT2D eigenvalue weighted by Crippen LogP contribution is 2.11. The topological polar surface area (TPSA) is 103 Å². The van der Waals surface area contributed by atoms with Crippen LogP contribution in [0.1, 0.15) is 16.3 Å². The van der Waals surface area contributed by atoms with Gasteiger partial charge in [-0.1, -0.05) is 18.2 Å². The van der Waals surface area contributed by atoms with Crippen LogP contribution in [0.15, 0.2) is 67.1 Å². The Bertz CT molecular complexity index is 1090. The molecule has 9 heteroatoms. The molecule has 0 aliphatic rings. The van der Waals surface area contributed by atoms with Gasteiger partial charge in [-0.05, 0) is 31.2 Å². The molecule has 0 aliphatic heterocycles. The first-order valence-corrected chi connectivity index (χ1v) is 9.18. The molecule has 0 radical (unpaired) electrons. The Morgan fingerprint density at radius 2 is 1.83 bits per heavy atom. The second-order valence-electron chi connectivity index (χ2n) is 6.29. The van der Waals surface area contributed by atoms with Crippen LogP contribution in [0.2, 0.25) is 0 Å². The highest BCUT2D eigenvalue weighted by atomic mass is 16.2. The van der Waals surface area contributed by atoms with Crippen LogP contribution in [0.4, 0.5) is 5.82 Å². The van der Waals surface area contributed by atoms with Gasteiger partial charge in [-0.25, -0.2) is 9.97 Å². The van der Waals surface area contributed by atoms with E-state index in [0.717, 1.165) is 11.5 Å². The highest BCUT2D eigenvalue weighted by molar-refractivity contribution is 5.91. The van der Waals surface area contributed by atoms with Gasteiger partial charge in [-0.2, -0.15) is 9.90 Å². The minimum absolute atomic E-state index is 0.265. The minimum atomic E-state index is -0.277. The van der Waals surface area contributed by atoms with Crippen molar-refractivity contribution in [2.75, 3.05) is 18.4 Å². The number of amides is 1. The number of hydrogen-bond donors (Lipinski definition) is 2. The number of nitrogens with zero attached hydrogens (tertiary/aromatic N) is 6. The molecule has 9 nitrogen and oxygen atoms in total. The van der Waals surface area contributed by atoms with Crippen LogP contribution in [0.5, 0.6) is 0 Å². The molecule has 1 amide bonds. The SMILES string of the molecule is Cc1nc(NCCNC(=O)c2cnn(-c3ccccc3)n2)cc(-n2cccc2)n1. The first-order chi connectivity index (χ1) is 14.2. The number of para-hydroxylation sites is 1. The van der Waals surface area contributed by atoms with E-state index in [2.05, 4.69) is 30.8 Å². The van der Waals surface area contributed by atoms with Gasteiger partial charge in [0.15, 0.2) is 5.69 Å². The first-order valence-electron chi connectivity index (χ1n) is 9.18. The monoisotopic (exact) mass is 388 g/mol. The molecular weight excluding hydrogens is 368 g/mol. The largest absolute Gasteiger partial charge is 0.368 e. The van der Waals surface area contributed by atoms with Crippen LogP contribution in [0.3, 0.4) is 0 Å². The quantitative estimate of drug-likeness (QED) is 0.470. The predicted molar refractivity (Wildman–Crippen MR) is 108 cm³/mol. The number of nitrogens with one attached hydrogen (secondary N) is 2. The second kappa shape index (κ2) is 8.34. The lowest BCUT2D eigenvalue weighted by molar-refractivity contribution is 0.0949. The third-order valence-electron chi connectivity index (χ3n) is 4.12. The molecule has 0 saturated carbocycles. The van der Waals surface area contributed by atoms with E-state index in [1.54, 1.807) is 0 Å². The molecule has 4 rings (SSSR count). The Hall–Kier alpha value is -4.01. The number of carbonyl (C=O) groups excluding carboxylic acids is 1. The van der Waals surface area contributed by atoms with Gasteiger partial charge in [-0.15, -0.1) is 5.10 Å². The van der Waals surface area contributed by atoms with Crippen molar-refractivity contribution in [3.8, 4) is 11.5 Å². The lowest BCUT2D eigenvalue weighted by Crippen LogP contribution is -2.29. The molecule has 146 valence electrons. The van der Waals surface area contributed by atoms with E-state index >= 15 is 0 Å². The molecule has 2 N–H and O–H groups in total. The third kappa shape index (κ3) is 4.46. The van der Waals surface area contributed by atoms with Gasteiger partial charge >= 0.3 is 0 Å². The van der Waals surface area contributed by atoms with Crippen LogP contribution in [0, 0.1) is 6.92 Å². The number of aryl methyl sites for hydroxylation is 1. The zero-order chi connectivity index (χ0) is 20.1. The first kappa shape index (κ1) is 18.4. The minimum Gasteiger partial charge on any atom is -0.368 e. The Labute approximate surface area is 167 Å². The summed E-state index contributed by atoms with van der Waals surface area (Å²) in [7, 11) is 0. The number of rotatable bonds is 7. The molecule has 29 heavy (non-hydrogen) atoms. The summed E-state index contributed by atoms with van der Waals surface area (Å²) in [6.07, 6.45) is 5.30. The Morgan fingerprint density at radius 1 is 1.03 bits per heavy atom. The van der Waals surface area contributed by atoms with Crippen molar-refractivity contribution < 1.29 is 4.79 Å². The number of carbonyl (C=O) groups is 1. The fourth-order valence-electron chi connectivity index (χ4n) is 2.77. The number of anilines is 1. The molecule has 0 fully saturated rings. The summed E-state index contributed by atoms with van der Waals surface area (Å²) in [5, 5.41) is 14.4. The van der Waals surface area contributed by atoms with Crippen LogP contribution in [-0.4, -0.2) is 48.5 Å². The molecule has 1 aromatic carbocycles. The molecule has 0 bridgehead atoms. The van der Waals surface area contributed by atoms with Crippen LogP contribution in [-0.2, 0) is 0 Å². The fraction of sp³-hybridized carbons (Fsp3) is 0.150. The normalized spacial score (nSPS) is 10.7. The summed E-state index contributed by atoms with van der Waals surface area (Å²) >= 11 is 0. The van der Waals surface area contributed by atoms with E-state index in [-0.39, 0.29) is 11.6 Å². The maximum absolute atomic E-state index is 12.3. The summed E-state index contributed by atoms with van der Waals surface area (Å²) in [5.41, 5.74) is 1.06. The lowest BCUT2D eigenvalue weighted by Gasteiger charge is -2.09. The van der Waals surface area contributed by atoms with Gasteiger partial charge in [0, 0.05) is 31.5 Å². The van der Waals surface area contributed by atoms with Gasteiger partial charge in [0.05, 0.1) is 11.9 Å². The average molecular weight is 388 g/mol. The summed E-state index contributed by atoms with van der Waals surface area (Å²) in [5.74, 6) is 1.87. The number of hydrogen-bond acceptors (Lipinski definition) is 6. The number of benzene rings is 1. The highest BCUT2D eigenvalue weighted by Gasteiger charge is 2.11. The van der Waals surface area contributed by atoms with E-state index in [1.807, 2.05) is 72.4 Å². The number of aromatic nitrogens is 6. The molecule has 0 saturated heterocycles.